The second-order valence-corrected chi connectivity index (χ2v) is 7.88. The molecule has 0 bridgehead atoms. The molecule has 1 heterocycles. The van der Waals surface area contributed by atoms with Crippen LogP contribution in [0.15, 0.2) is 28.7 Å². The van der Waals surface area contributed by atoms with E-state index in [9.17, 15) is 4.79 Å². The number of carbonyl (C=O) groups is 1. The summed E-state index contributed by atoms with van der Waals surface area (Å²) in [6, 6.07) is 8.44. The van der Waals surface area contributed by atoms with Crippen molar-refractivity contribution in [3.8, 4) is 0 Å². The van der Waals surface area contributed by atoms with Crippen LogP contribution < -0.4 is 5.32 Å². The number of hydrogen-bond donors (Lipinski definition) is 1. The molecule has 1 saturated heterocycles. The predicted molar refractivity (Wildman–Crippen MR) is 109 cm³/mol. The van der Waals surface area contributed by atoms with Crippen molar-refractivity contribution in [1.29, 1.82) is 0 Å². The summed E-state index contributed by atoms with van der Waals surface area (Å²) in [4.78, 5) is 16.8. The maximum absolute atomic E-state index is 12.6. The summed E-state index contributed by atoms with van der Waals surface area (Å²) in [7, 11) is 1.85. The van der Waals surface area contributed by atoms with E-state index in [1.807, 2.05) is 31.3 Å². The minimum atomic E-state index is -0.0165. The first-order chi connectivity index (χ1) is 12.5. The van der Waals surface area contributed by atoms with Gasteiger partial charge >= 0.3 is 6.03 Å². The second kappa shape index (κ2) is 10.9. The Hall–Kier alpha value is -1.11. The third-order valence-corrected chi connectivity index (χ3v) is 5.78. The third-order valence-electron chi connectivity index (χ3n) is 5.25. The highest BCUT2D eigenvalue weighted by atomic mass is 79.9. The number of morpholine rings is 1. The van der Waals surface area contributed by atoms with Crippen LogP contribution in [0.5, 0.6) is 0 Å². The molecule has 1 N–H and O–H groups in total. The normalized spacial score (nSPS) is 16.5. The minimum Gasteiger partial charge on any atom is -0.379 e. The van der Waals surface area contributed by atoms with Gasteiger partial charge in [0, 0.05) is 43.7 Å². The molecule has 2 rings (SSSR count). The molecule has 146 valence electrons. The van der Waals surface area contributed by atoms with E-state index in [0.29, 0.717) is 25.0 Å². The molecule has 0 aliphatic carbocycles. The molecule has 0 saturated carbocycles. The predicted octanol–water partition coefficient (Wildman–Crippen LogP) is 3.73. The highest BCUT2D eigenvalue weighted by molar-refractivity contribution is 9.10. The Morgan fingerprint density at radius 1 is 1.23 bits per heavy atom. The molecule has 1 aliphatic heterocycles. The van der Waals surface area contributed by atoms with Gasteiger partial charge in [-0.2, -0.15) is 0 Å². The van der Waals surface area contributed by atoms with E-state index in [1.165, 1.54) is 0 Å². The maximum atomic E-state index is 12.6. The van der Waals surface area contributed by atoms with E-state index < -0.39 is 0 Å². The standard InChI is InChI=1S/C20H32BrN3O2/c1-4-17(5-2)19(24-10-12-26-13-11-24)14-22-20(25)23(3)15-16-6-8-18(21)9-7-16/h6-9,17,19H,4-5,10-15H2,1-3H3,(H,22,25). The van der Waals surface area contributed by atoms with Gasteiger partial charge < -0.3 is 15.0 Å². The molecule has 0 spiro atoms. The minimum absolute atomic E-state index is 0.0165. The van der Waals surface area contributed by atoms with Crippen molar-refractivity contribution in [3.05, 3.63) is 34.3 Å². The van der Waals surface area contributed by atoms with E-state index in [4.69, 9.17) is 4.74 Å². The summed E-state index contributed by atoms with van der Waals surface area (Å²) in [5.41, 5.74) is 1.12. The van der Waals surface area contributed by atoms with Gasteiger partial charge in [0.1, 0.15) is 0 Å². The smallest absolute Gasteiger partial charge is 0.317 e. The number of rotatable bonds is 8. The van der Waals surface area contributed by atoms with Crippen LogP contribution in [0.3, 0.4) is 0 Å². The van der Waals surface area contributed by atoms with Crippen molar-refractivity contribution in [2.24, 2.45) is 5.92 Å². The second-order valence-electron chi connectivity index (χ2n) is 6.96. The van der Waals surface area contributed by atoms with Crippen LogP contribution in [0.2, 0.25) is 0 Å². The lowest BCUT2D eigenvalue weighted by atomic mass is 9.92. The van der Waals surface area contributed by atoms with E-state index in [2.05, 4.69) is 40.0 Å². The number of ether oxygens (including phenoxy) is 1. The van der Waals surface area contributed by atoms with Crippen molar-refractivity contribution >= 4 is 22.0 Å². The lowest BCUT2D eigenvalue weighted by Crippen LogP contribution is -2.53. The fourth-order valence-electron chi connectivity index (χ4n) is 3.60. The van der Waals surface area contributed by atoms with Gasteiger partial charge in [-0.15, -0.1) is 0 Å². The molecule has 1 fully saturated rings. The van der Waals surface area contributed by atoms with E-state index in [1.54, 1.807) is 4.90 Å². The highest BCUT2D eigenvalue weighted by Gasteiger charge is 2.27. The Balaban J connectivity index is 1.90. The Morgan fingerprint density at radius 3 is 2.42 bits per heavy atom. The third kappa shape index (κ3) is 6.25. The van der Waals surface area contributed by atoms with Crippen LogP contribution in [0.1, 0.15) is 32.3 Å². The van der Waals surface area contributed by atoms with Crippen molar-refractivity contribution in [2.75, 3.05) is 39.9 Å². The lowest BCUT2D eigenvalue weighted by Gasteiger charge is -2.39. The number of hydrogen-bond acceptors (Lipinski definition) is 3. The maximum Gasteiger partial charge on any atom is 0.317 e. The number of nitrogens with one attached hydrogen (secondary N) is 1. The molecule has 2 amide bonds. The van der Waals surface area contributed by atoms with Gasteiger partial charge in [-0.1, -0.05) is 54.8 Å². The number of amides is 2. The van der Waals surface area contributed by atoms with Crippen LogP contribution in [0.4, 0.5) is 4.79 Å². The number of carbonyl (C=O) groups excluding carboxylic acids is 1. The molecule has 6 heteroatoms. The summed E-state index contributed by atoms with van der Waals surface area (Å²) < 4.78 is 6.54. The molecule has 26 heavy (non-hydrogen) atoms. The van der Waals surface area contributed by atoms with E-state index >= 15 is 0 Å². The van der Waals surface area contributed by atoms with Crippen LogP contribution in [-0.2, 0) is 11.3 Å². The van der Waals surface area contributed by atoms with Gasteiger partial charge in [0.05, 0.1) is 13.2 Å². The Bertz CT molecular complexity index is 542. The van der Waals surface area contributed by atoms with E-state index in [-0.39, 0.29) is 6.03 Å². The molecule has 1 aromatic carbocycles. The van der Waals surface area contributed by atoms with Gasteiger partial charge in [-0.05, 0) is 23.6 Å². The van der Waals surface area contributed by atoms with E-state index in [0.717, 1.165) is 49.2 Å². The number of benzene rings is 1. The number of nitrogens with zero attached hydrogens (tertiary/aromatic N) is 2. The van der Waals surface area contributed by atoms with Gasteiger partial charge in [0.15, 0.2) is 0 Å². The monoisotopic (exact) mass is 425 g/mol. The first-order valence-electron chi connectivity index (χ1n) is 9.60. The summed E-state index contributed by atoms with van der Waals surface area (Å²) in [6.45, 7) is 9.24. The van der Waals surface area contributed by atoms with Gasteiger partial charge in [0.25, 0.3) is 0 Å². The fourth-order valence-corrected chi connectivity index (χ4v) is 3.86. The summed E-state index contributed by atoms with van der Waals surface area (Å²) in [5, 5.41) is 3.16. The SMILES string of the molecule is CCC(CC)C(CNC(=O)N(C)Cc1ccc(Br)cc1)N1CCOCC1. The molecular formula is C20H32BrN3O2. The van der Waals surface area contributed by atoms with Gasteiger partial charge in [-0.3, -0.25) is 4.90 Å². The first kappa shape index (κ1) is 21.2. The molecular weight excluding hydrogens is 394 g/mol. The molecule has 1 aromatic rings. The lowest BCUT2D eigenvalue weighted by molar-refractivity contribution is 0.00215. The Kier molecular flexibility index (Phi) is 8.88. The molecule has 0 radical (unpaired) electrons. The Labute approximate surface area is 166 Å². The average molecular weight is 426 g/mol. The van der Waals surface area contributed by atoms with Crippen molar-refractivity contribution in [3.63, 3.8) is 0 Å². The van der Waals surface area contributed by atoms with Crippen LogP contribution in [0.25, 0.3) is 0 Å². The molecule has 5 nitrogen and oxygen atoms in total. The molecule has 0 aromatic heterocycles. The zero-order chi connectivity index (χ0) is 18.9. The summed E-state index contributed by atoms with van der Waals surface area (Å²) in [6.07, 6.45) is 2.26. The van der Waals surface area contributed by atoms with Crippen LogP contribution >= 0.6 is 15.9 Å². The van der Waals surface area contributed by atoms with Crippen molar-refractivity contribution < 1.29 is 9.53 Å². The van der Waals surface area contributed by atoms with Crippen LogP contribution in [-0.4, -0.2) is 61.8 Å². The zero-order valence-corrected chi connectivity index (χ0v) is 17.8. The quantitative estimate of drug-likeness (QED) is 0.689. The first-order valence-corrected chi connectivity index (χ1v) is 10.4. The summed E-state index contributed by atoms with van der Waals surface area (Å²) >= 11 is 3.44. The van der Waals surface area contributed by atoms with Crippen molar-refractivity contribution in [2.45, 2.75) is 39.3 Å². The average Bonchev–Trinajstić information content (AvgIpc) is 2.67. The molecule has 1 unspecified atom stereocenters. The molecule has 1 aliphatic rings. The fraction of sp³-hybridized carbons (Fsp3) is 0.650. The van der Waals surface area contributed by atoms with Crippen molar-refractivity contribution in [1.82, 2.24) is 15.1 Å². The topological polar surface area (TPSA) is 44.8 Å². The number of urea groups is 1. The highest BCUT2D eigenvalue weighted by Crippen LogP contribution is 2.19. The summed E-state index contributed by atoms with van der Waals surface area (Å²) in [5.74, 6) is 0.588. The zero-order valence-electron chi connectivity index (χ0n) is 16.2. The Morgan fingerprint density at radius 2 is 1.85 bits per heavy atom. The van der Waals surface area contributed by atoms with Gasteiger partial charge in [-0.25, -0.2) is 4.79 Å². The van der Waals surface area contributed by atoms with Crippen LogP contribution in [0, 0.1) is 5.92 Å². The van der Waals surface area contributed by atoms with Gasteiger partial charge in [0.2, 0.25) is 0 Å². The largest absolute Gasteiger partial charge is 0.379 e. The molecule has 1 atom stereocenters. The number of halogens is 1.